The molecule has 1 aliphatic heterocycles. The third kappa shape index (κ3) is 5.79. The fourth-order valence-electron chi connectivity index (χ4n) is 2.24. The van der Waals surface area contributed by atoms with Gasteiger partial charge in [0.25, 0.3) is 0 Å². The second-order valence-corrected chi connectivity index (χ2v) is 9.53. The Kier molecular flexibility index (Phi) is 6.27. The molecule has 0 aromatic carbocycles. The van der Waals surface area contributed by atoms with E-state index >= 15 is 0 Å². The minimum absolute atomic E-state index is 0.255. The number of hydrogen-bond acceptors (Lipinski definition) is 4. The maximum Gasteiger partial charge on any atom is 0.156 e. The van der Waals surface area contributed by atoms with E-state index in [9.17, 15) is 8.42 Å². The standard InChI is InChI=1S/C14H30N2O2S/c1-14(2,3)19(17,18)12-11-16(4)10-8-13-7-5-6-9-15-13/h13,15H,5-12H2,1-4H3. The Balaban J connectivity index is 2.26. The second-order valence-electron chi connectivity index (χ2n) is 6.67. The highest BCUT2D eigenvalue weighted by atomic mass is 32.2. The summed E-state index contributed by atoms with van der Waals surface area (Å²) in [4.78, 5) is 2.14. The monoisotopic (exact) mass is 290 g/mol. The summed E-state index contributed by atoms with van der Waals surface area (Å²) >= 11 is 0. The van der Waals surface area contributed by atoms with Gasteiger partial charge in [-0.3, -0.25) is 0 Å². The summed E-state index contributed by atoms with van der Waals surface area (Å²) < 4.78 is 23.4. The summed E-state index contributed by atoms with van der Waals surface area (Å²) in [5.41, 5.74) is 0. The van der Waals surface area contributed by atoms with Gasteiger partial charge in [0.1, 0.15) is 0 Å². The maximum absolute atomic E-state index is 12.0. The Labute approximate surface area is 118 Å². The fraction of sp³-hybridized carbons (Fsp3) is 1.00. The molecule has 1 atom stereocenters. The van der Waals surface area contributed by atoms with Crippen LogP contribution in [0, 0.1) is 0 Å². The van der Waals surface area contributed by atoms with Crippen LogP contribution in [0.4, 0.5) is 0 Å². The summed E-state index contributed by atoms with van der Waals surface area (Å²) in [6.45, 7) is 8.05. The predicted octanol–water partition coefficient (Wildman–Crippen LogP) is 1.66. The van der Waals surface area contributed by atoms with Gasteiger partial charge in [-0.15, -0.1) is 0 Å². The lowest BCUT2D eigenvalue weighted by Gasteiger charge is -2.26. The van der Waals surface area contributed by atoms with Gasteiger partial charge in [0.15, 0.2) is 9.84 Å². The summed E-state index contributed by atoms with van der Waals surface area (Å²) in [5, 5.41) is 3.53. The first kappa shape index (κ1) is 16.9. The molecule has 114 valence electrons. The van der Waals surface area contributed by atoms with Crippen LogP contribution >= 0.6 is 0 Å². The van der Waals surface area contributed by atoms with Gasteiger partial charge < -0.3 is 10.2 Å². The van der Waals surface area contributed by atoms with Crippen LogP contribution in [-0.2, 0) is 9.84 Å². The molecule has 0 spiro atoms. The van der Waals surface area contributed by atoms with E-state index in [4.69, 9.17) is 0 Å². The Morgan fingerprint density at radius 3 is 2.42 bits per heavy atom. The van der Waals surface area contributed by atoms with Crippen molar-refractivity contribution in [3.63, 3.8) is 0 Å². The van der Waals surface area contributed by atoms with Crippen molar-refractivity contribution in [2.75, 3.05) is 32.4 Å². The average molecular weight is 290 g/mol. The van der Waals surface area contributed by atoms with Crippen LogP contribution in [0.25, 0.3) is 0 Å². The van der Waals surface area contributed by atoms with E-state index < -0.39 is 14.6 Å². The molecule has 0 aromatic heterocycles. The van der Waals surface area contributed by atoms with Crippen molar-refractivity contribution in [2.45, 2.75) is 57.2 Å². The van der Waals surface area contributed by atoms with Gasteiger partial charge in [-0.25, -0.2) is 8.42 Å². The first-order valence-corrected chi connectivity index (χ1v) is 9.02. The molecule has 1 heterocycles. The van der Waals surface area contributed by atoms with Crippen molar-refractivity contribution in [3.8, 4) is 0 Å². The molecule has 1 unspecified atom stereocenters. The number of sulfone groups is 1. The van der Waals surface area contributed by atoms with E-state index in [-0.39, 0.29) is 5.75 Å². The quantitative estimate of drug-likeness (QED) is 0.808. The van der Waals surface area contributed by atoms with E-state index in [0.717, 1.165) is 19.5 Å². The van der Waals surface area contributed by atoms with Crippen molar-refractivity contribution in [2.24, 2.45) is 0 Å². The van der Waals surface area contributed by atoms with Crippen LogP contribution in [0.15, 0.2) is 0 Å². The van der Waals surface area contributed by atoms with Gasteiger partial charge in [-0.05, 0) is 60.2 Å². The third-order valence-corrected chi connectivity index (χ3v) is 6.53. The molecule has 1 aliphatic rings. The molecule has 1 rings (SSSR count). The normalized spacial score (nSPS) is 21.8. The molecule has 0 aliphatic carbocycles. The van der Waals surface area contributed by atoms with Gasteiger partial charge in [-0.2, -0.15) is 0 Å². The molecule has 0 amide bonds. The molecule has 5 heteroatoms. The first-order chi connectivity index (χ1) is 8.72. The van der Waals surface area contributed by atoms with Crippen molar-refractivity contribution >= 4 is 9.84 Å². The Morgan fingerprint density at radius 1 is 1.21 bits per heavy atom. The van der Waals surface area contributed by atoms with Crippen LogP contribution in [0.2, 0.25) is 0 Å². The van der Waals surface area contributed by atoms with Gasteiger partial charge in [-0.1, -0.05) is 6.42 Å². The van der Waals surface area contributed by atoms with Crippen molar-refractivity contribution in [3.05, 3.63) is 0 Å². The first-order valence-electron chi connectivity index (χ1n) is 7.36. The van der Waals surface area contributed by atoms with Gasteiger partial charge >= 0.3 is 0 Å². The molecule has 0 bridgehead atoms. The van der Waals surface area contributed by atoms with Crippen molar-refractivity contribution in [1.82, 2.24) is 10.2 Å². The van der Waals surface area contributed by atoms with E-state index in [0.29, 0.717) is 12.6 Å². The zero-order valence-corrected chi connectivity index (χ0v) is 13.7. The molecule has 19 heavy (non-hydrogen) atoms. The van der Waals surface area contributed by atoms with Crippen molar-refractivity contribution < 1.29 is 8.42 Å². The predicted molar refractivity (Wildman–Crippen MR) is 81.3 cm³/mol. The lowest BCUT2D eigenvalue weighted by Crippen LogP contribution is -2.39. The maximum atomic E-state index is 12.0. The highest BCUT2D eigenvalue weighted by Crippen LogP contribution is 2.16. The highest BCUT2D eigenvalue weighted by molar-refractivity contribution is 7.92. The van der Waals surface area contributed by atoms with Gasteiger partial charge in [0, 0.05) is 12.6 Å². The fourth-order valence-corrected chi connectivity index (χ4v) is 3.41. The minimum Gasteiger partial charge on any atom is -0.314 e. The summed E-state index contributed by atoms with van der Waals surface area (Å²) in [5.74, 6) is 0.255. The highest BCUT2D eigenvalue weighted by Gasteiger charge is 2.28. The molecule has 1 N–H and O–H groups in total. The average Bonchev–Trinajstić information content (AvgIpc) is 2.34. The Hall–Kier alpha value is -0.130. The molecule has 0 saturated carbocycles. The summed E-state index contributed by atoms with van der Waals surface area (Å²) in [7, 11) is -0.978. The van der Waals surface area contributed by atoms with Crippen LogP contribution in [0.3, 0.4) is 0 Å². The number of piperidine rings is 1. The van der Waals surface area contributed by atoms with Gasteiger partial charge in [0.2, 0.25) is 0 Å². The molecule has 4 nitrogen and oxygen atoms in total. The van der Waals surface area contributed by atoms with Crippen molar-refractivity contribution in [1.29, 1.82) is 0 Å². The number of hydrogen-bond donors (Lipinski definition) is 1. The van der Waals surface area contributed by atoms with Crippen LogP contribution < -0.4 is 5.32 Å². The minimum atomic E-state index is -2.99. The Morgan fingerprint density at radius 2 is 1.89 bits per heavy atom. The van der Waals surface area contributed by atoms with E-state index in [1.54, 1.807) is 20.8 Å². The smallest absolute Gasteiger partial charge is 0.156 e. The van der Waals surface area contributed by atoms with E-state index in [1.165, 1.54) is 19.3 Å². The summed E-state index contributed by atoms with van der Waals surface area (Å²) in [6.07, 6.45) is 4.98. The van der Waals surface area contributed by atoms with E-state index in [2.05, 4.69) is 10.2 Å². The lowest BCUT2D eigenvalue weighted by molar-refractivity contribution is 0.297. The van der Waals surface area contributed by atoms with E-state index in [1.807, 2.05) is 7.05 Å². The number of nitrogens with zero attached hydrogens (tertiary/aromatic N) is 1. The zero-order valence-electron chi connectivity index (χ0n) is 12.9. The Bertz CT molecular complexity index is 354. The largest absolute Gasteiger partial charge is 0.314 e. The van der Waals surface area contributed by atoms with Crippen LogP contribution in [0.5, 0.6) is 0 Å². The van der Waals surface area contributed by atoms with Crippen LogP contribution in [0.1, 0.15) is 46.5 Å². The van der Waals surface area contributed by atoms with Crippen LogP contribution in [-0.4, -0.2) is 56.5 Å². The summed E-state index contributed by atoms with van der Waals surface area (Å²) in [6, 6.07) is 0.621. The number of nitrogens with one attached hydrogen (secondary N) is 1. The third-order valence-electron chi connectivity index (χ3n) is 3.95. The molecule has 1 saturated heterocycles. The second kappa shape index (κ2) is 7.04. The SMILES string of the molecule is CN(CCC1CCCCN1)CCS(=O)(=O)C(C)(C)C. The number of rotatable bonds is 6. The molecule has 0 radical (unpaired) electrons. The lowest BCUT2D eigenvalue weighted by atomic mass is 10.0. The molecule has 1 fully saturated rings. The topological polar surface area (TPSA) is 49.4 Å². The molecule has 0 aromatic rings. The van der Waals surface area contributed by atoms with Gasteiger partial charge in [0.05, 0.1) is 10.5 Å². The zero-order chi connectivity index (χ0) is 14.5. The molecular formula is C14H30N2O2S. The molecular weight excluding hydrogens is 260 g/mol.